The summed E-state index contributed by atoms with van der Waals surface area (Å²) in [5.74, 6) is 0.0159. The van der Waals surface area contributed by atoms with Gasteiger partial charge in [0.15, 0.2) is 0 Å². The zero-order valence-corrected chi connectivity index (χ0v) is 13.6. The number of benzene rings is 1. The molecule has 1 saturated heterocycles. The van der Waals surface area contributed by atoms with Gasteiger partial charge in [-0.25, -0.2) is 0 Å². The fourth-order valence-corrected chi connectivity index (χ4v) is 2.95. The van der Waals surface area contributed by atoms with Crippen LogP contribution in [0.25, 0.3) is 0 Å². The molecule has 1 unspecified atom stereocenters. The number of amides is 1. The van der Waals surface area contributed by atoms with E-state index >= 15 is 0 Å². The fourth-order valence-electron chi connectivity index (χ4n) is 2.76. The van der Waals surface area contributed by atoms with Crippen LogP contribution in [0.3, 0.4) is 0 Å². The van der Waals surface area contributed by atoms with Gasteiger partial charge in [0.25, 0.3) is 5.91 Å². The molecule has 5 heteroatoms. The number of carbonyl (C=O) groups excluding carboxylic acids is 1. The van der Waals surface area contributed by atoms with Crippen LogP contribution in [0.1, 0.15) is 28.8 Å². The van der Waals surface area contributed by atoms with Crippen LogP contribution in [-0.4, -0.2) is 35.0 Å². The summed E-state index contributed by atoms with van der Waals surface area (Å²) in [5.41, 5.74) is 1.68. The van der Waals surface area contributed by atoms with Gasteiger partial charge in [0, 0.05) is 36.1 Å². The van der Waals surface area contributed by atoms with Crippen molar-refractivity contribution in [2.75, 3.05) is 13.1 Å². The summed E-state index contributed by atoms with van der Waals surface area (Å²) in [6, 6.07) is 11.0. The van der Waals surface area contributed by atoms with Crippen LogP contribution in [0.5, 0.6) is 0 Å². The highest BCUT2D eigenvalue weighted by Gasteiger charge is 2.25. The third kappa shape index (κ3) is 4.30. The van der Waals surface area contributed by atoms with Crippen LogP contribution < -0.4 is 0 Å². The molecule has 0 saturated carbocycles. The van der Waals surface area contributed by atoms with Gasteiger partial charge in [-0.3, -0.25) is 9.78 Å². The second kappa shape index (κ2) is 7.57. The third-order valence-corrected chi connectivity index (χ3v) is 4.18. The lowest BCUT2D eigenvalue weighted by Crippen LogP contribution is -2.43. The topological polar surface area (TPSA) is 42.4 Å². The van der Waals surface area contributed by atoms with E-state index in [0.717, 1.165) is 24.9 Å². The Kier molecular flexibility index (Phi) is 5.26. The van der Waals surface area contributed by atoms with Crippen molar-refractivity contribution >= 4 is 17.5 Å². The SMILES string of the molecule is O=C(c1cccc(Cl)c1)N1CCCC(OCc2cccnc2)C1. The van der Waals surface area contributed by atoms with E-state index < -0.39 is 0 Å². The van der Waals surface area contributed by atoms with Gasteiger partial charge in [-0.2, -0.15) is 0 Å². The minimum Gasteiger partial charge on any atom is -0.372 e. The Labute approximate surface area is 141 Å². The molecule has 0 radical (unpaired) electrons. The molecule has 1 atom stereocenters. The zero-order valence-electron chi connectivity index (χ0n) is 12.8. The maximum Gasteiger partial charge on any atom is 0.253 e. The number of nitrogens with zero attached hydrogens (tertiary/aromatic N) is 2. The maximum absolute atomic E-state index is 12.6. The first-order valence-corrected chi connectivity index (χ1v) is 8.15. The quantitative estimate of drug-likeness (QED) is 0.861. The smallest absolute Gasteiger partial charge is 0.253 e. The predicted octanol–water partition coefficient (Wildman–Crippen LogP) is 3.56. The predicted molar refractivity (Wildman–Crippen MR) is 89.4 cm³/mol. The second-order valence-electron chi connectivity index (χ2n) is 5.70. The van der Waals surface area contributed by atoms with E-state index in [2.05, 4.69) is 4.98 Å². The molecule has 0 bridgehead atoms. The standard InChI is InChI=1S/C18H19ClN2O2/c19-16-6-1-5-15(10-16)18(22)21-9-3-7-17(12-21)23-13-14-4-2-8-20-11-14/h1-2,4-6,8,10-11,17H,3,7,9,12-13H2. The van der Waals surface area contributed by atoms with Crippen LogP contribution >= 0.6 is 11.6 Å². The molecule has 1 aromatic carbocycles. The third-order valence-electron chi connectivity index (χ3n) is 3.95. The van der Waals surface area contributed by atoms with Gasteiger partial charge < -0.3 is 9.64 Å². The van der Waals surface area contributed by atoms with Gasteiger partial charge >= 0.3 is 0 Å². The molecule has 2 heterocycles. The Hall–Kier alpha value is -1.91. The normalized spacial score (nSPS) is 18.0. The molecule has 1 aliphatic rings. The lowest BCUT2D eigenvalue weighted by molar-refractivity contribution is -0.00681. The van der Waals surface area contributed by atoms with Crippen molar-refractivity contribution < 1.29 is 9.53 Å². The molecule has 3 rings (SSSR count). The number of carbonyl (C=O) groups is 1. The summed E-state index contributed by atoms with van der Waals surface area (Å²) in [6.07, 6.45) is 5.53. The van der Waals surface area contributed by atoms with Gasteiger partial charge in [-0.05, 0) is 42.7 Å². The highest BCUT2D eigenvalue weighted by Crippen LogP contribution is 2.19. The van der Waals surface area contributed by atoms with Crippen molar-refractivity contribution in [3.8, 4) is 0 Å². The van der Waals surface area contributed by atoms with E-state index in [1.165, 1.54) is 0 Å². The molecule has 0 N–H and O–H groups in total. The van der Waals surface area contributed by atoms with E-state index in [9.17, 15) is 4.79 Å². The Balaban J connectivity index is 1.58. The maximum atomic E-state index is 12.6. The monoisotopic (exact) mass is 330 g/mol. The van der Waals surface area contributed by atoms with Crippen LogP contribution in [-0.2, 0) is 11.3 Å². The summed E-state index contributed by atoms with van der Waals surface area (Å²) in [5, 5.41) is 0.581. The Bertz CT molecular complexity index is 663. The summed E-state index contributed by atoms with van der Waals surface area (Å²) in [4.78, 5) is 18.5. The molecule has 120 valence electrons. The molecular formula is C18H19ClN2O2. The first kappa shape index (κ1) is 16.0. The van der Waals surface area contributed by atoms with Crippen molar-refractivity contribution in [1.29, 1.82) is 0 Å². The lowest BCUT2D eigenvalue weighted by atomic mass is 10.1. The molecule has 1 aliphatic heterocycles. The van der Waals surface area contributed by atoms with E-state index in [1.54, 1.807) is 36.7 Å². The van der Waals surface area contributed by atoms with E-state index in [0.29, 0.717) is 23.7 Å². The van der Waals surface area contributed by atoms with Gasteiger partial charge in [0.2, 0.25) is 0 Å². The number of pyridine rings is 1. The summed E-state index contributed by atoms with van der Waals surface area (Å²) in [6.45, 7) is 1.90. The molecule has 0 spiro atoms. The average molecular weight is 331 g/mol. The summed E-state index contributed by atoms with van der Waals surface area (Å²) >= 11 is 5.97. The van der Waals surface area contributed by atoms with E-state index in [-0.39, 0.29) is 12.0 Å². The Morgan fingerprint density at radius 2 is 2.26 bits per heavy atom. The minimum absolute atomic E-state index is 0.0159. The minimum atomic E-state index is 0.0159. The number of halogens is 1. The van der Waals surface area contributed by atoms with Gasteiger partial charge in [-0.1, -0.05) is 23.7 Å². The molecule has 4 nitrogen and oxygen atoms in total. The first-order valence-electron chi connectivity index (χ1n) is 7.78. The van der Waals surface area contributed by atoms with Gasteiger partial charge in [0.1, 0.15) is 0 Å². The van der Waals surface area contributed by atoms with E-state index in [1.807, 2.05) is 17.0 Å². The number of aromatic nitrogens is 1. The largest absolute Gasteiger partial charge is 0.372 e. The highest BCUT2D eigenvalue weighted by molar-refractivity contribution is 6.30. The number of rotatable bonds is 4. The summed E-state index contributed by atoms with van der Waals surface area (Å²) < 4.78 is 5.95. The van der Waals surface area contributed by atoms with Crippen molar-refractivity contribution in [1.82, 2.24) is 9.88 Å². The summed E-state index contributed by atoms with van der Waals surface area (Å²) in [7, 11) is 0. The van der Waals surface area contributed by atoms with Crippen LogP contribution in [0.2, 0.25) is 5.02 Å². The first-order chi connectivity index (χ1) is 11.2. The van der Waals surface area contributed by atoms with Crippen molar-refractivity contribution in [3.63, 3.8) is 0 Å². The van der Waals surface area contributed by atoms with Crippen LogP contribution in [0.15, 0.2) is 48.8 Å². The molecule has 1 amide bonds. The molecule has 1 aromatic heterocycles. The number of hydrogen-bond donors (Lipinski definition) is 0. The number of likely N-dealkylation sites (tertiary alicyclic amines) is 1. The molecule has 23 heavy (non-hydrogen) atoms. The highest BCUT2D eigenvalue weighted by atomic mass is 35.5. The molecule has 0 aliphatic carbocycles. The lowest BCUT2D eigenvalue weighted by Gasteiger charge is -2.32. The Morgan fingerprint density at radius 1 is 1.35 bits per heavy atom. The molecule has 1 fully saturated rings. The average Bonchev–Trinajstić information content (AvgIpc) is 2.60. The van der Waals surface area contributed by atoms with Crippen LogP contribution in [0, 0.1) is 0 Å². The van der Waals surface area contributed by atoms with E-state index in [4.69, 9.17) is 16.3 Å². The zero-order chi connectivity index (χ0) is 16.1. The van der Waals surface area contributed by atoms with Gasteiger partial charge in [0.05, 0.1) is 12.7 Å². The molecule has 2 aromatic rings. The van der Waals surface area contributed by atoms with Crippen molar-refractivity contribution in [3.05, 3.63) is 64.9 Å². The van der Waals surface area contributed by atoms with Crippen molar-refractivity contribution in [2.45, 2.75) is 25.6 Å². The number of piperidine rings is 1. The van der Waals surface area contributed by atoms with Crippen LogP contribution in [0.4, 0.5) is 0 Å². The number of ether oxygens (including phenoxy) is 1. The second-order valence-corrected chi connectivity index (χ2v) is 6.13. The van der Waals surface area contributed by atoms with Gasteiger partial charge in [-0.15, -0.1) is 0 Å². The Morgan fingerprint density at radius 3 is 3.04 bits per heavy atom. The fraction of sp³-hybridized carbons (Fsp3) is 0.333. The number of hydrogen-bond acceptors (Lipinski definition) is 3. The molecular weight excluding hydrogens is 312 g/mol. The van der Waals surface area contributed by atoms with Crippen molar-refractivity contribution in [2.24, 2.45) is 0 Å².